The van der Waals surface area contributed by atoms with Crippen molar-refractivity contribution in [2.75, 3.05) is 26.2 Å². The summed E-state index contributed by atoms with van der Waals surface area (Å²) in [6.45, 7) is 9.26. The van der Waals surface area contributed by atoms with E-state index in [1.807, 2.05) is 30.5 Å². The Labute approximate surface area is 163 Å². The molecule has 1 aromatic carbocycles. The van der Waals surface area contributed by atoms with Gasteiger partial charge in [-0.2, -0.15) is 0 Å². The fourth-order valence-corrected chi connectivity index (χ4v) is 3.20. The molecule has 1 aliphatic rings. The maximum atomic E-state index is 5.99. The van der Waals surface area contributed by atoms with Gasteiger partial charge >= 0.3 is 0 Å². The molecule has 2 aromatic rings. The van der Waals surface area contributed by atoms with E-state index in [4.69, 9.17) is 4.74 Å². The van der Waals surface area contributed by atoms with Gasteiger partial charge in [0, 0.05) is 12.7 Å². The zero-order chi connectivity index (χ0) is 18.9. The average molecular weight is 366 g/mol. The molecule has 0 radical (unpaired) electrons. The Morgan fingerprint density at radius 1 is 1.26 bits per heavy atom. The van der Waals surface area contributed by atoms with Crippen molar-refractivity contribution in [1.29, 1.82) is 0 Å². The van der Waals surface area contributed by atoms with Gasteiger partial charge in [0.2, 0.25) is 0 Å². The first-order valence-electron chi connectivity index (χ1n) is 9.96. The van der Waals surface area contributed by atoms with Crippen LogP contribution in [-0.4, -0.2) is 31.2 Å². The van der Waals surface area contributed by atoms with Crippen LogP contribution in [0.4, 0.5) is 0 Å². The maximum absolute atomic E-state index is 5.99. The molecule has 0 saturated carbocycles. The van der Waals surface area contributed by atoms with Gasteiger partial charge in [0.25, 0.3) is 0 Å². The van der Waals surface area contributed by atoms with E-state index in [1.165, 1.54) is 12.0 Å². The third-order valence-corrected chi connectivity index (χ3v) is 4.63. The molecule has 1 fully saturated rings. The Morgan fingerprint density at radius 3 is 2.93 bits per heavy atom. The summed E-state index contributed by atoms with van der Waals surface area (Å²) in [7, 11) is 0. The molecule has 0 amide bonds. The van der Waals surface area contributed by atoms with Crippen molar-refractivity contribution in [1.82, 2.24) is 15.6 Å². The average Bonchev–Trinajstić information content (AvgIpc) is 3.19. The Morgan fingerprint density at radius 2 is 2.19 bits per heavy atom. The van der Waals surface area contributed by atoms with Crippen molar-refractivity contribution in [2.24, 2.45) is 11.8 Å². The molecular weight excluding hydrogens is 334 g/mol. The summed E-state index contributed by atoms with van der Waals surface area (Å²) in [5.41, 5.74) is 3.35. The van der Waals surface area contributed by atoms with Crippen LogP contribution in [0.1, 0.15) is 37.1 Å². The molecule has 1 aliphatic heterocycles. The van der Waals surface area contributed by atoms with Crippen LogP contribution >= 0.6 is 0 Å². The minimum absolute atomic E-state index is 0.508. The van der Waals surface area contributed by atoms with Gasteiger partial charge in [0.15, 0.2) is 0 Å². The summed E-state index contributed by atoms with van der Waals surface area (Å²) < 4.78 is 5.99. The van der Waals surface area contributed by atoms with Crippen LogP contribution in [0.25, 0.3) is 12.2 Å². The highest BCUT2D eigenvalue weighted by Crippen LogP contribution is 2.20. The lowest BCUT2D eigenvalue weighted by Crippen LogP contribution is -2.24. The van der Waals surface area contributed by atoms with Gasteiger partial charge in [-0.05, 0) is 79.4 Å². The lowest BCUT2D eigenvalue weighted by Gasteiger charge is -2.13. The second-order valence-electron chi connectivity index (χ2n) is 7.69. The van der Waals surface area contributed by atoms with Crippen LogP contribution in [0.3, 0.4) is 0 Å². The van der Waals surface area contributed by atoms with Crippen LogP contribution in [0, 0.1) is 11.8 Å². The number of hydrogen-bond acceptors (Lipinski definition) is 4. The van der Waals surface area contributed by atoms with Crippen molar-refractivity contribution in [2.45, 2.75) is 26.8 Å². The molecule has 144 valence electrons. The summed E-state index contributed by atoms with van der Waals surface area (Å²) in [5.74, 6) is 2.19. The van der Waals surface area contributed by atoms with E-state index in [-0.39, 0.29) is 0 Å². The molecule has 4 nitrogen and oxygen atoms in total. The topological polar surface area (TPSA) is 46.2 Å². The highest BCUT2D eigenvalue weighted by atomic mass is 16.5. The number of rotatable bonds is 9. The predicted octanol–water partition coefficient (Wildman–Crippen LogP) is 3.99. The van der Waals surface area contributed by atoms with Crippen LogP contribution in [0.15, 0.2) is 42.6 Å². The number of hydrogen-bond donors (Lipinski definition) is 2. The van der Waals surface area contributed by atoms with Gasteiger partial charge in [-0.1, -0.05) is 32.1 Å². The van der Waals surface area contributed by atoms with Crippen LogP contribution < -0.4 is 15.4 Å². The molecule has 1 aromatic heterocycles. The van der Waals surface area contributed by atoms with Crippen molar-refractivity contribution in [3.05, 3.63) is 59.4 Å². The highest BCUT2D eigenvalue weighted by Gasteiger charge is 2.13. The van der Waals surface area contributed by atoms with E-state index in [2.05, 4.69) is 53.7 Å². The number of pyridine rings is 1. The van der Waals surface area contributed by atoms with Crippen LogP contribution in [-0.2, 0) is 6.54 Å². The largest absolute Gasteiger partial charge is 0.493 e. The Kier molecular flexibility index (Phi) is 7.43. The summed E-state index contributed by atoms with van der Waals surface area (Å²) in [6.07, 6.45) is 7.23. The monoisotopic (exact) mass is 365 g/mol. The molecule has 2 N–H and O–H groups in total. The number of nitrogens with zero attached hydrogens (tertiary/aromatic N) is 1. The first-order chi connectivity index (χ1) is 13.2. The third-order valence-electron chi connectivity index (χ3n) is 4.63. The van der Waals surface area contributed by atoms with Crippen LogP contribution in [0.5, 0.6) is 5.75 Å². The third kappa shape index (κ3) is 6.81. The number of ether oxygens (including phenoxy) is 1. The molecule has 1 unspecified atom stereocenters. The van der Waals surface area contributed by atoms with E-state index in [0.29, 0.717) is 5.92 Å². The molecule has 4 heteroatoms. The van der Waals surface area contributed by atoms with Crippen molar-refractivity contribution < 1.29 is 4.74 Å². The molecular formula is C23H31N3O. The van der Waals surface area contributed by atoms with Crippen LogP contribution in [0.2, 0.25) is 0 Å². The van der Waals surface area contributed by atoms with E-state index in [0.717, 1.165) is 55.7 Å². The standard InChI is InChI=1S/C23H31N3O/c1-18(2)17-27-23-12-19(6-7-22-5-3-4-9-26-22)11-21(13-23)16-25-15-20-8-10-24-14-20/h3-7,9,11-13,18,20,24-25H,8,10,14-17H2,1-2H3/b7-6+. The Bertz CT molecular complexity index is 722. The normalized spacial score (nSPS) is 17.1. The second-order valence-corrected chi connectivity index (χ2v) is 7.69. The lowest BCUT2D eigenvalue weighted by atomic mass is 10.1. The fraction of sp³-hybridized carbons (Fsp3) is 0.435. The molecule has 3 rings (SSSR count). The fourth-order valence-electron chi connectivity index (χ4n) is 3.20. The smallest absolute Gasteiger partial charge is 0.120 e. The first-order valence-corrected chi connectivity index (χ1v) is 9.96. The first kappa shape index (κ1) is 19.6. The highest BCUT2D eigenvalue weighted by molar-refractivity contribution is 5.69. The maximum Gasteiger partial charge on any atom is 0.120 e. The quantitative estimate of drug-likeness (QED) is 0.705. The van der Waals surface area contributed by atoms with Gasteiger partial charge in [-0.15, -0.1) is 0 Å². The van der Waals surface area contributed by atoms with Crippen molar-refractivity contribution >= 4 is 12.2 Å². The van der Waals surface area contributed by atoms with Crippen molar-refractivity contribution in [3.8, 4) is 5.75 Å². The zero-order valence-electron chi connectivity index (χ0n) is 16.4. The van der Waals surface area contributed by atoms with Gasteiger partial charge in [0.05, 0.1) is 12.3 Å². The molecule has 2 heterocycles. The SMILES string of the molecule is CC(C)COc1cc(/C=C/c2ccccn2)cc(CNCC2CCNC2)c1. The summed E-state index contributed by atoms with van der Waals surface area (Å²) >= 11 is 0. The predicted molar refractivity (Wildman–Crippen MR) is 113 cm³/mol. The summed E-state index contributed by atoms with van der Waals surface area (Å²) in [5, 5.41) is 7.03. The van der Waals surface area contributed by atoms with Gasteiger partial charge in [-0.3, -0.25) is 4.98 Å². The number of nitrogens with one attached hydrogen (secondary N) is 2. The molecule has 0 aliphatic carbocycles. The molecule has 27 heavy (non-hydrogen) atoms. The van der Waals surface area contributed by atoms with E-state index in [1.54, 1.807) is 0 Å². The number of aromatic nitrogens is 1. The minimum Gasteiger partial charge on any atom is -0.493 e. The van der Waals surface area contributed by atoms with E-state index in [9.17, 15) is 0 Å². The van der Waals surface area contributed by atoms with Gasteiger partial charge in [-0.25, -0.2) is 0 Å². The summed E-state index contributed by atoms with van der Waals surface area (Å²) in [4.78, 5) is 4.36. The Balaban J connectivity index is 1.68. The van der Waals surface area contributed by atoms with Gasteiger partial charge < -0.3 is 15.4 Å². The molecule has 0 bridgehead atoms. The van der Waals surface area contributed by atoms with E-state index < -0.39 is 0 Å². The number of benzene rings is 1. The molecule has 0 spiro atoms. The summed E-state index contributed by atoms with van der Waals surface area (Å²) in [6, 6.07) is 12.4. The Hall–Kier alpha value is -2.17. The minimum atomic E-state index is 0.508. The van der Waals surface area contributed by atoms with Gasteiger partial charge in [0.1, 0.15) is 5.75 Å². The molecule has 1 saturated heterocycles. The lowest BCUT2D eigenvalue weighted by molar-refractivity contribution is 0.270. The van der Waals surface area contributed by atoms with Crippen molar-refractivity contribution in [3.63, 3.8) is 0 Å². The van der Waals surface area contributed by atoms with E-state index >= 15 is 0 Å². The molecule has 1 atom stereocenters. The second kappa shape index (κ2) is 10.2. The zero-order valence-corrected chi connectivity index (χ0v) is 16.4.